The van der Waals surface area contributed by atoms with E-state index in [0.717, 1.165) is 16.5 Å². The lowest BCUT2D eigenvalue weighted by Crippen LogP contribution is -2.29. The molecule has 3 atom stereocenters. The molecule has 0 radical (unpaired) electrons. The third kappa shape index (κ3) is 2.19. The molecule has 0 spiro atoms. The van der Waals surface area contributed by atoms with Gasteiger partial charge >= 0.3 is 0 Å². The Morgan fingerprint density at radius 1 is 1.18 bits per heavy atom. The van der Waals surface area contributed by atoms with Crippen molar-refractivity contribution in [2.24, 2.45) is 5.92 Å². The third-order valence-corrected chi connectivity index (χ3v) is 5.28. The molecule has 1 heterocycles. The van der Waals surface area contributed by atoms with Crippen LogP contribution in [0, 0.1) is 18.7 Å². The first kappa shape index (κ1) is 14.0. The summed E-state index contributed by atoms with van der Waals surface area (Å²) in [7, 11) is 0. The number of hydrogen-bond donors (Lipinski definition) is 1. The van der Waals surface area contributed by atoms with Crippen molar-refractivity contribution in [3.63, 3.8) is 0 Å². The second-order valence-electron chi connectivity index (χ2n) is 6.24. The molecular weight excluding hydrogens is 341 g/mol. The number of aryl methyl sites for hydroxylation is 1. The van der Waals surface area contributed by atoms with Gasteiger partial charge in [0.05, 0.1) is 11.7 Å². The Hall–Kier alpha value is -1.61. The number of hydrogen-bond acceptors (Lipinski definition) is 1. The lowest BCUT2D eigenvalue weighted by molar-refractivity contribution is 0.420. The predicted octanol–water partition coefficient (Wildman–Crippen LogP) is 5.72. The van der Waals surface area contributed by atoms with Crippen LogP contribution in [0.4, 0.5) is 10.1 Å². The van der Waals surface area contributed by atoms with E-state index in [0.29, 0.717) is 11.6 Å². The fourth-order valence-corrected chi connectivity index (χ4v) is 4.17. The van der Waals surface area contributed by atoms with Crippen LogP contribution in [0.3, 0.4) is 0 Å². The molecule has 0 saturated heterocycles. The number of anilines is 1. The zero-order valence-electron chi connectivity index (χ0n) is 12.3. The van der Waals surface area contributed by atoms with Gasteiger partial charge in [-0.15, -0.1) is 0 Å². The first-order valence-corrected chi connectivity index (χ1v) is 8.41. The Labute approximate surface area is 138 Å². The number of rotatable bonds is 1. The van der Waals surface area contributed by atoms with E-state index in [2.05, 4.69) is 64.6 Å². The molecule has 2 aromatic rings. The maximum absolute atomic E-state index is 14.4. The molecule has 1 aliphatic carbocycles. The van der Waals surface area contributed by atoms with Gasteiger partial charge in [-0.2, -0.15) is 0 Å². The summed E-state index contributed by atoms with van der Waals surface area (Å²) >= 11 is 3.41. The summed E-state index contributed by atoms with van der Waals surface area (Å²) in [6, 6.07) is 12.3. The standard InChI is InChI=1S/C19H17BrFN/c1-11-5-7-12(8-6-11)18-15-4-2-3-14(15)16-9-13(20)10-17(21)19(16)22-18/h2-3,5-10,14-15,18,22H,4H2,1H3/t14-,15-,18-/m0/s1. The number of benzene rings is 2. The van der Waals surface area contributed by atoms with Crippen molar-refractivity contribution < 1.29 is 4.39 Å². The van der Waals surface area contributed by atoms with Crippen LogP contribution < -0.4 is 5.32 Å². The highest BCUT2D eigenvalue weighted by Crippen LogP contribution is 2.50. The normalized spacial score (nSPS) is 25.5. The molecule has 112 valence electrons. The van der Waals surface area contributed by atoms with Crippen molar-refractivity contribution in [3.05, 3.63) is 75.5 Å². The summed E-state index contributed by atoms with van der Waals surface area (Å²) in [5.41, 5.74) is 4.20. The highest BCUT2D eigenvalue weighted by atomic mass is 79.9. The molecule has 0 aromatic heterocycles. The molecule has 0 unspecified atom stereocenters. The van der Waals surface area contributed by atoms with Crippen LogP contribution in [-0.2, 0) is 0 Å². The number of halogens is 2. The quantitative estimate of drug-likeness (QED) is 0.643. The van der Waals surface area contributed by atoms with Gasteiger partial charge < -0.3 is 5.32 Å². The van der Waals surface area contributed by atoms with Gasteiger partial charge in [-0.1, -0.05) is 57.9 Å². The van der Waals surface area contributed by atoms with E-state index in [-0.39, 0.29) is 17.8 Å². The van der Waals surface area contributed by atoms with Crippen molar-refractivity contribution >= 4 is 21.6 Å². The fourth-order valence-electron chi connectivity index (χ4n) is 3.72. The monoisotopic (exact) mass is 357 g/mol. The molecule has 0 fully saturated rings. The average Bonchev–Trinajstić information content (AvgIpc) is 2.97. The Kier molecular flexibility index (Phi) is 3.33. The second kappa shape index (κ2) is 5.24. The van der Waals surface area contributed by atoms with E-state index < -0.39 is 0 Å². The topological polar surface area (TPSA) is 12.0 Å². The van der Waals surface area contributed by atoms with Crippen molar-refractivity contribution in [1.29, 1.82) is 0 Å². The van der Waals surface area contributed by atoms with Crippen LogP contribution in [0.25, 0.3) is 0 Å². The van der Waals surface area contributed by atoms with Crippen LogP contribution in [0.2, 0.25) is 0 Å². The van der Waals surface area contributed by atoms with Crippen molar-refractivity contribution in [1.82, 2.24) is 0 Å². The molecular formula is C19H17BrFN. The van der Waals surface area contributed by atoms with Crippen molar-refractivity contribution in [3.8, 4) is 0 Å². The Balaban J connectivity index is 1.82. The Morgan fingerprint density at radius 2 is 1.95 bits per heavy atom. The van der Waals surface area contributed by atoms with Crippen LogP contribution >= 0.6 is 15.9 Å². The number of allylic oxidation sites excluding steroid dienone is 2. The largest absolute Gasteiger partial charge is 0.375 e. The van der Waals surface area contributed by atoms with Crippen LogP contribution in [0.15, 0.2) is 53.0 Å². The second-order valence-corrected chi connectivity index (χ2v) is 7.15. The zero-order chi connectivity index (χ0) is 15.3. The molecule has 3 heteroatoms. The first-order chi connectivity index (χ1) is 10.6. The predicted molar refractivity (Wildman–Crippen MR) is 91.6 cm³/mol. The molecule has 0 bridgehead atoms. The zero-order valence-corrected chi connectivity index (χ0v) is 13.9. The summed E-state index contributed by atoms with van der Waals surface area (Å²) in [5, 5.41) is 3.46. The number of nitrogens with one attached hydrogen (secondary N) is 1. The summed E-state index contributed by atoms with van der Waals surface area (Å²) < 4.78 is 15.2. The smallest absolute Gasteiger partial charge is 0.147 e. The van der Waals surface area contributed by atoms with E-state index in [9.17, 15) is 4.39 Å². The summed E-state index contributed by atoms with van der Waals surface area (Å²) in [5.74, 6) is 0.554. The van der Waals surface area contributed by atoms with Crippen molar-refractivity contribution in [2.75, 3.05) is 5.32 Å². The van der Waals surface area contributed by atoms with Gasteiger partial charge in [0.2, 0.25) is 0 Å². The Morgan fingerprint density at radius 3 is 2.73 bits per heavy atom. The maximum atomic E-state index is 14.4. The van der Waals surface area contributed by atoms with Gasteiger partial charge in [0.25, 0.3) is 0 Å². The summed E-state index contributed by atoms with van der Waals surface area (Å²) in [4.78, 5) is 0. The van der Waals surface area contributed by atoms with Gasteiger partial charge in [-0.25, -0.2) is 4.39 Å². The summed E-state index contributed by atoms with van der Waals surface area (Å²) in [6.45, 7) is 2.09. The van der Waals surface area contributed by atoms with Crippen LogP contribution in [0.1, 0.15) is 35.1 Å². The average molecular weight is 358 g/mol. The molecule has 4 rings (SSSR count). The molecule has 0 saturated carbocycles. The minimum absolute atomic E-state index is 0.156. The highest BCUT2D eigenvalue weighted by Gasteiger charge is 2.39. The van der Waals surface area contributed by atoms with Gasteiger partial charge in [-0.3, -0.25) is 0 Å². The van der Waals surface area contributed by atoms with E-state index in [1.54, 1.807) is 0 Å². The van der Waals surface area contributed by atoms with E-state index >= 15 is 0 Å². The van der Waals surface area contributed by atoms with Gasteiger partial charge in [0.1, 0.15) is 5.82 Å². The van der Waals surface area contributed by atoms with Crippen LogP contribution in [-0.4, -0.2) is 0 Å². The third-order valence-electron chi connectivity index (χ3n) is 4.82. The molecule has 0 amide bonds. The van der Waals surface area contributed by atoms with Crippen molar-refractivity contribution in [2.45, 2.75) is 25.3 Å². The molecule has 2 aromatic carbocycles. The SMILES string of the molecule is Cc1ccc([C@@H]2Nc3c(F)cc(Br)cc3[C@H]3C=CC[C@@H]32)cc1. The van der Waals surface area contributed by atoms with Gasteiger partial charge in [-0.05, 0) is 42.5 Å². The van der Waals surface area contributed by atoms with E-state index in [1.807, 2.05) is 6.07 Å². The van der Waals surface area contributed by atoms with E-state index in [1.165, 1.54) is 17.2 Å². The first-order valence-electron chi connectivity index (χ1n) is 7.62. The maximum Gasteiger partial charge on any atom is 0.147 e. The lowest BCUT2D eigenvalue weighted by atomic mass is 9.77. The lowest BCUT2D eigenvalue weighted by Gasteiger charge is -2.37. The van der Waals surface area contributed by atoms with Gasteiger partial charge in [0.15, 0.2) is 0 Å². The fraction of sp³-hybridized carbons (Fsp3) is 0.263. The summed E-state index contributed by atoms with van der Waals surface area (Å²) in [6.07, 6.45) is 5.49. The minimum Gasteiger partial charge on any atom is -0.375 e. The molecule has 2 aliphatic rings. The number of fused-ring (bicyclic) bond motifs is 3. The Bertz CT molecular complexity index is 751. The molecule has 22 heavy (non-hydrogen) atoms. The molecule has 1 N–H and O–H groups in total. The molecule has 1 nitrogen and oxygen atoms in total. The van der Waals surface area contributed by atoms with E-state index in [4.69, 9.17) is 0 Å². The van der Waals surface area contributed by atoms with Crippen LogP contribution in [0.5, 0.6) is 0 Å². The highest BCUT2D eigenvalue weighted by molar-refractivity contribution is 9.10. The minimum atomic E-state index is -0.180. The molecule has 1 aliphatic heterocycles. The van der Waals surface area contributed by atoms with Gasteiger partial charge in [0, 0.05) is 10.4 Å².